The SMILES string of the molecule is COc1ccc(-c2ccc(C(=O)Cl)o2)c([N+](=O)[O-])c1. The van der Waals surface area contributed by atoms with Crippen LogP contribution in [0.25, 0.3) is 11.3 Å². The van der Waals surface area contributed by atoms with Crippen LogP contribution in [0.15, 0.2) is 34.7 Å². The second-order valence-electron chi connectivity index (χ2n) is 3.58. The van der Waals surface area contributed by atoms with Gasteiger partial charge < -0.3 is 9.15 Å². The molecule has 0 saturated carbocycles. The number of hydrogen-bond donors (Lipinski definition) is 0. The van der Waals surface area contributed by atoms with Crippen molar-refractivity contribution >= 4 is 22.5 Å². The van der Waals surface area contributed by atoms with Crippen LogP contribution < -0.4 is 4.74 Å². The molecule has 0 amide bonds. The monoisotopic (exact) mass is 281 g/mol. The molecule has 0 radical (unpaired) electrons. The maximum absolute atomic E-state index is 11.0. The minimum atomic E-state index is -0.762. The van der Waals surface area contributed by atoms with Gasteiger partial charge in [-0.2, -0.15) is 0 Å². The molecular formula is C12H8ClNO5. The summed E-state index contributed by atoms with van der Waals surface area (Å²) in [6, 6.07) is 7.13. The number of hydrogen-bond acceptors (Lipinski definition) is 5. The van der Waals surface area contributed by atoms with Crippen molar-refractivity contribution in [2.75, 3.05) is 7.11 Å². The van der Waals surface area contributed by atoms with Crippen molar-refractivity contribution in [3.63, 3.8) is 0 Å². The molecule has 1 heterocycles. The Labute approximate surface area is 112 Å². The number of methoxy groups -OCH3 is 1. The lowest BCUT2D eigenvalue weighted by atomic mass is 10.1. The number of carbonyl (C=O) groups excluding carboxylic acids is 1. The first-order chi connectivity index (χ1) is 9.02. The molecule has 19 heavy (non-hydrogen) atoms. The smallest absolute Gasteiger partial charge is 0.287 e. The number of halogens is 1. The normalized spacial score (nSPS) is 10.2. The summed E-state index contributed by atoms with van der Waals surface area (Å²) in [5, 5.41) is 10.3. The van der Waals surface area contributed by atoms with E-state index in [0.717, 1.165) is 0 Å². The predicted molar refractivity (Wildman–Crippen MR) is 67.5 cm³/mol. The Bertz CT molecular complexity index is 649. The third-order valence-electron chi connectivity index (χ3n) is 2.47. The Morgan fingerprint density at radius 1 is 1.37 bits per heavy atom. The Morgan fingerprint density at radius 2 is 2.11 bits per heavy atom. The minimum Gasteiger partial charge on any atom is -0.497 e. The van der Waals surface area contributed by atoms with E-state index in [1.54, 1.807) is 6.07 Å². The van der Waals surface area contributed by atoms with Crippen molar-refractivity contribution in [1.29, 1.82) is 0 Å². The lowest BCUT2D eigenvalue weighted by Gasteiger charge is -2.03. The van der Waals surface area contributed by atoms with Crippen molar-refractivity contribution in [3.05, 3.63) is 46.2 Å². The highest BCUT2D eigenvalue weighted by Crippen LogP contribution is 2.34. The Balaban J connectivity index is 2.54. The van der Waals surface area contributed by atoms with E-state index in [9.17, 15) is 14.9 Å². The number of carbonyl (C=O) groups is 1. The van der Waals surface area contributed by atoms with Gasteiger partial charge in [0.1, 0.15) is 11.5 Å². The Kier molecular flexibility index (Phi) is 3.52. The molecule has 0 bridgehead atoms. The lowest BCUT2D eigenvalue weighted by Crippen LogP contribution is -1.93. The van der Waals surface area contributed by atoms with Gasteiger partial charge in [0.2, 0.25) is 0 Å². The van der Waals surface area contributed by atoms with Crippen molar-refractivity contribution in [2.45, 2.75) is 0 Å². The van der Waals surface area contributed by atoms with Gasteiger partial charge in [0.15, 0.2) is 5.76 Å². The van der Waals surface area contributed by atoms with E-state index in [2.05, 4.69) is 0 Å². The average Bonchev–Trinajstić information content (AvgIpc) is 2.87. The van der Waals surface area contributed by atoms with E-state index in [-0.39, 0.29) is 22.8 Å². The van der Waals surface area contributed by atoms with Gasteiger partial charge in [-0.25, -0.2) is 0 Å². The molecule has 0 spiro atoms. The molecular weight excluding hydrogens is 274 g/mol. The summed E-state index contributed by atoms with van der Waals surface area (Å²) in [6.45, 7) is 0. The zero-order valence-electron chi connectivity index (χ0n) is 9.75. The summed E-state index contributed by atoms with van der Waals surface area (Å²) >= 11 is 5.27. The topological polar surface area (TPSA) is 82.6 Å². The molecule has 2 aromatic rings. The molecule has 98 valence electrons. The van der Waals surface area contributed by atoms with Gasteiger partial charge in [-0.15, -0.1) is 0 Å². The molecule has 1 aromatic heterocycles. The average molecular weight is 282 g/mol. The third kappa shape index (κ3) is 2.58. The fourth-order valence-electron chi connectivity index (χ4n) is 1.59. The maximum Gasteiger partial charge on any atom is 0.287 e. The zero-order valence-corrected chi connectivity index (χ0v) is 10.5. The lowest BCUT2D eigenvalue weighted by molar-refractivity contribution is -0.384. The molecule has 0 N–H and O–H groups in total. The van der Waals surface area contributed by atoms with Gasteiger partial charge in [-0.3, -0.25) is 14.9 Å². The molecule has 0 atom stereocenters. The number of benzene rings is 1. The summed E-state index contributed by atoms with van der Waals surface area (Å²) < 4.78 is 10.1. The molecule has 0 saturated heterocycles. The number of nitro benzene ring substituents is 1. The van der Waals surface area contributed by atoms with E-state index >= 15 is 0 Å². The summed E-state index contributed by atoms with van der Waals surface area (Å²) in [4.78, 5) is 21.4. The number of nitrogens with zero attached hydrogens (tertiary/aromatic N) is 1. The van der Waals surface area contributed by atoms with Crippen LogP contribution >= 0.6 is 11.6 Å². The van der Waals surface area contributed by atoms with Crippen LogP contribution in [0.4, 0.5) is 5.69 Å². The van der Waals surface area contributed by atoms with Gasteiger partial charge in [0.05, 0.1) is 23.7 Å². The number of rotatable bonds is 4. The molecule has 0 aliphatic rings. The zero-order chi connectivity index (χ0) is 14.0. The molecule has 7 heteroatoms. The molecule has 0 aliphatic heterocycles. The molecule has 0 unspecified atom stereocenters. The third-order valence-corrected chi connectivity index (χ3v) is 2.65. The van der Waals surface area contributed by atoms with Crippen LogP contribution in [0.5, 0.6) is 5.75 Å². The van der Waals surface area contributed by atoms with Crippen LogP contribution in [0.1, 0.15) is 10.6 Å². The highest BCUT2D eigenvalue weighted by molar-refractivity contribution is 6.67. The van der Waals surface area contributed by atoms with Gasteiger partial charge >= 0.3 is 0 Å². The quantitative estimate of drug-likeness (QED) is 0.488. The van der Waals surface area contributed by atoms with Gasteiger partial charge in [-0.1, -0.05) is 0 Å². The molecule has 6 nitrogen and oxygen atoms in total. The molecule has 2 rings (SSSR count). The van der Waals surface area contributed by atoms with Gasteiger partial charge in [0.25, 0.3) is 10.9 Å². The predicted octanol–water partition coefficient (Wildman–Crippen LogP) is 3.24. The highest BCUT2D eigenvalue weighted by atomic mass is 35.5. The fraction of sp³-hybridized carbons (Fsp3) is 0.0833. The highest BCUT2D eigenvalue weighted by Gasteiger charge is 2.20. The van der Waals surface area contributed by atoms with Crippen molar-refractivity contribution in [2.24, 2.45) is 0 Å². The van der Waals surface area contributed by atoms with E-state index < -0.39 is 10.2 Å². The van der Waals surface area contributed by atoms with E-state index in [4.69, 9.17) is 20.8 Å². The fourth-order valence-corrected chi connectivity index (χ4v) is 1.69. The number of furan rings is 1. The van der Waals surface area contributed by atoms with Gasteiger partial charge in [0, 0.05) is 0 Å². The summed E-state index contributed by atoms with van der Waals surface area (Å²) in [5.74, 6) is 0.482. The van der Waals surface area contributed by atoms with E-state index in [1.165, 1.54) is 31.4 Å². The van der Waals surface area contributed by atoms with Crippen LogP contribution in [0.2, 0.25) is 0 Å². The first kappa shape index (κ1) is 13.1. The van der Waals surface area contributed by atoms with Crippen molar-refractivity contribution < 1.29 is 18.9 Å². The second-order valence-corrected chi connectivity index (χ2v) is 3.92. The van der Waals surface area contributed by atoms with E-state index in [0.29, 0.717) is 5.75 Å². The Hall–Kier alpha value is -2.34. The second kappa shape index (κ2) is 5.11. The van der Waals surface area contributed by atoms with Crippen LogP contribution in [-0.2, 0) is 0 Å². The first-order valence-corrected chi connectivity index (χ1v) is 5.53. The van der Waals surface area contributed by atoms with E-state index in [1.807, 2.05) is 0 Å². The molecule has 0 fully saturated rings. The minimum absolute atomic E-state index is 0.0678. The summed E-state index contributed by atoms with van der Waals surface area (Å²) in [5.41, 5.74) is 0.0669. The summed E-state index contributed by atoms with van der Waals surface area (Å²) in [6.07, 6.45) is 0. The number of ether oxygens (including phenoxy) is 1. The van der Waals surface area contributed by atoms with Crippen molar-refractivity contribution in [1.82, 2.24) is 0 Å². The standard InChI is InChI=1S/C12H8ClNO5/c1-18-7-2-3-8(9(6-7)14(16)17)10-4-5-11(19-10)12(13)15/h2-6H,1H3. The van der Waals surface area contributed by atoms with Crippen LogP contribution in [0, 0.1) is 10.1 Å². The summed E-state index contributed by atoms with van der Waals surface area (Å²) in [7, 11) is 1.41. The number of nitro groups is 1. The largest absolute Gasteiger partial charge is 0.497 e. The molecule has 1 aromatic carbocycles. The maximum atomic E-state index is 11.0. The Morgan fingerprint density at radius 3 is 2.63 bits per heavy atom. The van der Waals surface area contributed by atoms with Gasteiger partial charge in [-0.05, 0) is 35.9 Å². The van der Waals surface area contributed by atoms with Crippen LogP contribution in [0.3, 0.4) is 0 Å². The van der Waals surface area contributed by atoms with Crippen LogP contribution in [-0.4, -0.2) is 17.3 Å². The molecule has 0 aliphatic carbocycles. The van der Waals surface area contributed by atoms with Crippen molar-refractivity contribution in [3.8, 4) is 17.1 Å². The first-order valence-electron chi connectivity index (χ1n) is 5.15.